The van der Waals surface area contributed by atoms with Crippen molar-refractivity contribution in [1.29, 1.82) is 0 Å². The Bertz CT molecular complexity index is 516. The molecule has 0 saturated heterocycles. The number of halogens is 2. The molecule has 2 aromatic rings. The van der Waals surface area contributed by atoms with E-state index in [1.54, 1.807) is 12.4 Å². The molecule has 1 aromatic carbocycles. The van der Waals surface area contributed by atoms with Crippen LogP contribution < -0.4 is 5.69 Å². The van der Waals surface area contributed by atoms with Crippen molar-refractivity contribution in [3.05, 3.63) is 50.0 Å². The molecule has 5 heteroatoms. The van der Waals surface area contributed by atoms with Gasteiger partial charge in [-0.1, -0.05) is 15.9 Å². The second-order valence-electron chi connectivity index (χ2n) is 2.73. The lowest BCUT2D eigenvalue weighted by molar-refractivity contribution is 0.980. The maximum absolute atomic E-state index is 11.4. The van der Waals surface area contributed by atoms with Gasteiger partial charge in [0.05, 0.1) is 5.69 Å². The molecule has 0 saturated carbocycles. The van der Waals surface area contributed by atoms with Gasteiger partial charge < -0.3 is 4.98 Å². The van der Waals surface area contributed by atoms with E-state index in [4.69, 9.17) is 0 Å². The summed E-state index contributed by atoms with van der Waals surface area (Å²) < 4.78 is 3.35. The first-order valence-corrected chi connectivity index (χ1v) is 5.48. The van der Waals surface area contributed by atoms with Crippen molar-refractivity contribution in [2.45, 2.75) is 0 Å². The molecule has 0 radical (unpaired) electrons. The fourth-order valence-electron chi connectivity index (χ4n) is 1.18. The number of rotatable bonds is 1. The average Bonchev–Trinajstić information content (AvgIpc) is 2.56. The van der Waals surface area contributed by atoms with Gasteiger partial charge in [0.15, 0.2) is 0 Å². The van der Waals surface area contributed by atoms with Gasteiger partial charge in [-0.2, -0.15) is 0 Å². The number of hydrogen-bond donors (Lipinski definition) is 1. The molecule has 14 heavy (non-hydrogen) atoms. The number of aromatic nitrogens is 2. The second kappa shape index (κ2) is 3.74. The molecule has 0 spiro atoms. The van der Waals surface area contributed by atoms with E-state index in [0.29, 0.717) is 0 Å². The molecule has 3 nitrogen and oxygen atoms in total. The van der Waals surface area contributed by atoms with Crippen LogP contribution in [0.5, 0.6) is 0 Å². The minimum absolute atomic E-state index is 0.149. The van der Waals surface area contributed by atoms with Crippen molar-refractivity contribution < 1.29 is 0 Å². The van der Waals surface area contributed by atoms with Crippen molar-refractivity contribution in [3.8, 4) is 5.69 Å². The highest BCUT2D eigenvalue weighted by Gasteiger charge is 2.04. The van der Waals surface area contributed by atoms with Crippen molar-refractivity contribution in [2.24, 2.45) is 0 Å². The zero-order valence-corrected chi connectivity index (χ0v) is 10.2. The van der Waals surface area contributed by atoms with Gasteiger partial charge in [0.2, 0.25) is 0 Å². The van der Waals surface area contributed by atoms with Crippen LogP contribution in [0.1, 0.15) is 0 Å². The molecule has 0 fully saturated rings. The average molecular weight is 318 g/mol. The Morgan fingerprint density at radius 3 is 2.71 bits per heavy atom. The molecule has 1 N–H and O–H groups in total. The van der Waals surface area contributed by atoms with Crippen LogP contribution in [-0.2, 0) is 0 Å². The minimum atomic E-state index is -0.149. The van der Waals surface area contributed by atoms with Crippen molar-refractivity contribution in [1.82, 2.24) is 9.55 Å². The zero-order chi connectivity index (χ0) is 10.1. The zero-order valence-electron chi connectivity index (χ0n) is 7.00. The third-order valence-electron chi connectivity index (χ3n) is 1.82. The summed E-state index contributed by atoms with van der Waals surface area (Å²) in [6, 6.07) is 5.67. The number of imidazole rings is 1. The molecule has 1 heterocycles. The van der Waals surface area contributed by atoms with Crippen LogP contribution in [0.25, 0.3) is 5.69 Å². The van der Waals surface area contributed by atoms with E-state index in [0.717, 1.165) is 14.6 Å². The Balaban J connectivity index is 2.68. The summed E-state index contributed by atoms with van der Waals surface area (Å²) in [5.41, 5.74) is 0.662. The lowest BCUT2D eigenvalue weighted by Gasteiger charge is -2.04. The molecular weight excluding hydrogens is 312 g/mol. The second-order valence-corrected chi connectivity index (χ2v) is 4.50. The molecule has 1 aromatic heterocycles. The lowest BCUT2D eigenvalue weighted by Crippen LogP contribution is -2.14. The molecule has 72 valence electrons. The van der Waals surface area contributed by atoms with Gasteiger partial charge in [-0.05, 0) is 34.1 Å². The van der Waals surface area contributed by atoms with Crippen LogP contribution in [0, 0.1) is 0 Å². The molecule has 0 unspecified atom stereocenters. The topological polar surface area (TPSA) is 37.8 Å². The number of hydrogen-bond acceptors (Lipinski definition) is 1. The third kappa shape index (κ3) is 1.69. The van der Waals surface area contributed by atoms with Gasteiger partial charge in [-0.25, -0.2) is 4.79 Å². The van der Waals surface area contributed by atoms with Crippen molar-refractivity contribution >= 4 is 31.9 Å². The fourth-order valence-corrected chi connectivity index (χ4v) is 1.97. The number of H-pyrrole nitrogens is 1. The lowest BCUT2D eigenvalue weighted by atomic mass is 10.3. The van der Waals surface area contributed by atoms with E-state index in [9.17, 15) is 4.79 Å². The molecule has 2 rings (SSSR count). The van der Waals surface area contributed by atoms with E-state index in [1.165, 1.54) is 4.57 Å². The largest absolute Gasteiger partial charge is 0.330 e. The molecule has 0 amide bonds. The Hall–Kier alpha value is -0.810. The first-order valence-electron chi connectivity index (χ1n) is 3.90. The van der Waals surface area contributed by atoms with E-state index >= 15 is 0 Å². The van der Waals surface area contributed by atoms with Gasteiger partial charge in [0.1, 0.15) is 0 Å². The van der Waals surface area contributed by atoms with E-state index < -0.39 is 0 Å². The van der Waals surface area contributed by atoms with Gasteiger partial charge in [-0.3, -0.25) is 4.57 Å². The predicted octanol–water partition coefficient (Wildman–Crippen LogP) is 2.69. The van der Waals surface area contributed by atoms with E-state index in [-0.39, 0.29) is 5.69 Å². The summed E-state index contributed by atoms with van der Waals surface area (Å²) in [6.07, 6.45) is 3.30. The van der Waals surface area contributed by atoms with Crippen molar-refractivity contribution in [3.63, 3.8) is 0 Å². The van der Waals surface area contributed by atoms with Gasteiger partial charge in [0.25, 0.3) is 0 Å². The van der Waals surface area contributed by atoms with Crippen molar-refractivity contribution in [2.75, 3.05) is 0 Å². The minimum Gasteiger partial charge on any atom is -0.312 e. The monoisotopic (exact) mass is 316 g/mol. The Morgan fingerprint density at radius 1 is 1.29 bits per heavy atom. The highest BCUT2D eigenvalue weighted by Crippen LogP contribution is 2.23. The number of aromatic amines is 1. The number of nitrogens with one attached hydrogen (secondary N) is 1. The quantitative estimate of drug-likeness (QED) is 0.862. The van der Waals surface area contributed by atoms with E-state index in [2.05, 4.69) is 36.8 Å². The van der Waals surface area contributed by atoms with Crippen LogP contribution >= 0.6 is 31.9 Å². The Labute approximate surface area is 97.0 Å². The summed E-state index contributed by atoms with van der Waals surface area (Å²) in [5, 5.41) is 0. The Kier molecular flexibility index (Phi) is 2.60. The van der Waals surface area contributed by atoms with Crippen LogP contribution in [0.15, 0.2) is 44.3 Å². The standard InChI is InChI=1S/C9H6Br2N2O/c10-6-1-2-7(11)8(5-6)13-4-3-12-9(13)14/h1-5H,(H,12,14). The smallest absolute Gasteiger partial charge is 0.312 e. The summed E-state index contributed by atoms with van der Waals surface area (Å²) >= 11 is 6.75. The summed E-state index contributed by atoms with van der Waals surface area (Å²) in [4.78, 5) is 13.9. The predicted molar refractivity (Wildman–Crippen MR) is 61.8 cm³/mol. The first kappa shape index (κ1) is 9.73. The summed E-state index contributed by atoms with van der Waals surface area (Å²) in [6.45, 7) is 0. The fraction of sp³-hybridized carbons (Fsp3) is 0. The highest BCUT2D eigenvalue weighted by atomic mass is 79.9. The Morgan fingerprint density at radius 2 is 2.07 bits per heavy atom. The first-order chi connectivity index (χ1) is 6.68. The molecule has 0 aliphatic rings. The number of nitrogens with zero attached hydrogens (tertiary/aromatic N) is 1. The maximum atomic E-state index is 11.4. The van der Waals surface area contributed by atoms with Crippen LogP contribution in [0.4, 0.5) is 0 Å². The van der Waals surface area contributed by atoms with Crippen LogP contribution in [-0.4, -0.2) is 9.55 Å². The summed E-state index contributed by atoms with van der Waals surface area (Å²) in [7, 11) is 0. The molecule has 0 bridgehead atoms. The van der Waals surface area contributed by atoms with Gasteiger partial charge in [0, 0.05) is 21.3 Å². The van der Waals surface area contributed by atoms with Gasteiger partial charge in [-0.15, -0.1) is 0 Å². The molecule has 0 atom stereocenters. The van der Waals surface area contributed by atoms with E-state index in [1.807, 2.05) is 18.2 Å². The maximum Gasteiger partial charge on any atom is 0.330 e. The molecule has 0 aliphatic carbocycles. The van der Waals surface area contributed by atoms with Gasteiger partial charge >= 0.3 is 5.69 Å². The summed E-state index contributed by atoms with van der Waals surface area (Å²) in [5.74, 6) is 0. The highest BCUT2D eigenvalue weighted by molar-refractivity contribution is 9.11. The van der Waals surface area contributed by atoms with Crippen LogP contribution in [0.2, 0.25) is 0 Å². The number of benzene rings is 1. The third-order valence-corrected chi connectivity index (χ3v) is 2.98. The van der Waals surface area contributed by atoms with Crippen LogP contribution in [0.3, 0.4) is 0 Å². The SMILES string of the molecule is O=c1[nH]ccn1-c1cc(Br)ccc1Br. The molecule has 0 aliphatic heterocycles. The normalized spacial score (nSPS) is 10.4. The molecular formula is C9H6Br2N2O.